The van der Waals surface area contributed by atoms with E-state index in [9.17, 15) is 0 Å². The van der Waals surface area contributed by atoms with E-state index in [1.807, 2.05) is 13.0 Å². The predicted molar refractivity (Wildman–Crippen MR) is 67.1 cm³/mol. The van der Waals surface area contributed by atoms with E-state index in [4.69, 9.17) is 11.6 Å². The molecule has 2 rings (SSSR count). The second-order valence-corrected chi connectivity index (χ2v) is 4.74. The van der Waals surface area contributed by atoms with E-state index in [0.29, 0.717) is 5.15 Å². The maximum Gasteiger partial charge on any atom is 0.134 e. The van der Waals surface area contributed by atoms with Crippen molar-refractivity contribution in [2.75, 3.05) is 18.0 Å². The van der Waals surface area contributed by atoms with Gasteiger partial charge < -0.3 is 4.90 Å². The standard InChI is InChI=1S/C12H18ClN3/c1-10-14-11(13)9-12(15-10)16-7-5-3-2-4-6-8-16/h9H,2-8H2,1H3. The first-order chi connectivity index (χ1) is 7.75. The summed E-state index contributed by atoms with van der Waals surface area (Å²) in [6.45, 7) is 4.07. The molecule has 0 N–H and O–H groups in total. The molecule has 0 atom stereocenters. The smallest absolute Gasteiger partial charge is 0.134 e. The van der Waals surface area contributed by atoms with Crippen LogP contribution in [0.1, 0.15) is 37.9 Å². The molecule has 0 amide bonds. The van der Waals surface area contributed by atoms with Crippen molar-refractivity contribution in [3.05, 3.63) is 17.0 Å². The molecule has 0 radical (unpaired) electrons. The lowest BCUT2D eigenvalue weighted by molar-refractivity contribution is 0.553. The average Bonchev–Trinajstić information content (AvgIpc) is 2.14. The van der Waals surface area contributed by atoms with Gasteiger partial charge in [0.1, 0.15) is 16.8 Å². The van der Waals surface area contributed by atoms with E-state index in [2.05, 4.69) is 14.9 Å². The normalized spacial score (nSPS) is 18.0. The number of anilines is 1. The van der Waals surface area contributed by atoms with Gasteiger partial charge in [-0.3, -0.25) is 0 Å². The predicted octanol–water partition coefficient (Wildman–Crippen LogP) is 3.21. The Bertz CT molecular complexity index is 326. The van der Waals surface area contributed by atoms with E-state index < -0.39 is 0 Å². The molecule has 1 aliphatic heterocycles. The molecule has 0 spiro atoms. The van der Waals surface area contributed by atoms with Crippen LogP contribution in [-0.4, -0.2) is 23.1 Å². The molecule has 0 aliphatic carbocycles. The van der Waals surface area contributed by atoms with Gasteiger partial charge in [0, 0.05) is 19.2 Å². The Morgan fingerprint density at radius 3 is 2.31 bits per heavy atom. The number of aromatic nitrogens is 2. The molecule has 1 aromatic rings. The highest BCUT2D eigenvalue weighted by Crippen LogP contribution is 2.19. The Balaban J connectivity index is 2.13. The molecule has 0 aromatic carbocycles. The van der Waals surface area contributed by atoms with Crippen LogP contribution in [0, 0.1) is 6.92 Å². The summed E-state index contributed by atoms with van der Waals surface area (Å²) < 4.78 is 0. The van der Waals surface area contributed by atoms with Crippen molar-refractivity contribution < 1.29 is 0 Å². The van der Waals surface area contributed by atoms with Crippen molar-refractivity contribution in [1.29, 1.82) is 0 Å². The van der Waals surface area contributed by atoms with E-state index in [1.54, 1.807) is 0 Å². The SMILES string of the molecule is Cc1nc(Cl)cc(N2CCCCCCC2)n1. The maximum atomic E-state index is 5.96. The fourth-order valence-electron chi connectivity index (χ4n) is 2.15. The van der Waals surface area contributed by atoms with Crippen molar-refractivity contribution >= 4 is 17.4 Å². The van der Waals surface area contributed by atoms with Crippen LogP contribution in [0.5, 0.6) is 0 Å². The number of rotatable bonds is 1. The van der Waals surface area contributed by atoms with E-state index in [-0.39, 0.29) is 0 Å². The minimum atomic E-state index is 0.546. The number of halogens is 1. The summed E-state index contributed by atoms with van der Waals surface area (Å²) in [6, 6.07) is 1.87. The summed E-state index contributed by atoms with van der Waals surface area (Å²) in [7, 11) is 0. The highest BCUT2D eigenvalue weighted by molar-refractivity contribution is 6.29. The summed E-state index contributed by atoms with van der Waals surface area (Å²) in [4.78, 5) is 10.9. The van der Waals surface area contributed by atoms with Crippen molar-refractivity contribution in [1.82, 2.24) is 9.97 Å². The van der Waals surface area contributed by atoms with Gasteiger partial charge in [-0.25, -0.2) is 9.97 Å². The van der Waals surface area contributed by atoms with Gasteiger partial charge in [0.15, 0.2) is 0 Å². The summed E-state index contributed by atoms with van der Waals surface area (Å²) in [5, 5.41) is 0.546. The van der Waals surface area contributed by atoms with Crippen LogP contribution in [0.15, 0.2) is 6.07 Å². The Morgan fingerprint density at radius 1 is 1.06 bits per heavy atom. The molecule has 4 heteroatoms. The zero-order chi connectivity index (χ0) is 11.4. The Morgan fingerprint density at radius 2 is 1.69 bits per heavy atom. The van der Waals surface area contributed by atoms with Crippen molar-refractivity contribution in [3.8, 4) is 0 Å². The van der Waals surface area contributed by atoms with Gasteiger partial charge in [0.25, 0.3) is 0 Å². The molecular formula is C12H18ClN3. The highest BCUT2D eigenvalue weighted by atomic mass is 35.5. The first-order valence-electron chi connectivity index (χ1n) is 6.02. The summed E-state index contributed by atoms with van der Waals surface area (Å²) in [6.07, 6.45) is 6.53. The van der Waals surface area contributed by atoms with Gasteiger partial charge in [0.05, 0.1) is 0 Å². The highest BCUT2D eigenvalue weighted by Gasteiger charge is 2.11. The van der Waals surface area contributed by atoms with E-state index in [0.717, 1.165) is 24.7 Å². The fraction of sp³-hybridized carbons (Fsp3) is 0.667. The minimum Gasteiger partial charge on any atom is -0.356 e. The third kappa shape index (κ3) is 3.08. The molecule has 3 nitrogen and oxygen atoms in total. The molecule has 0 bridgehead atoms. The molecule has 0 unspecified atom stereocenters. The number of hydrogen-bond donors (Lipinski definition) is 0. The third-order valence-electron chi connectivity index (χ3n) is 2.97. The maximum absolute atomic E-state index is 5.96. The van der Waals surface area contributed by atoms with Gasteiger partial charge in [-0.1, -0.05) is 30.9 Å². The molecule has 1 saturated heterocycles. The van der Waals surface area contributed by atoms with Crippen molar-refractivity contribution in [2.45, 2.75) is 39.0 Å². The van der Waals surface area contributed by atoms with E-state index >= 15 is 0 Å². The van der Waals surface area contributed by atoms with Gasteiger partial charge in [-0.15, -0.1) is 0 Å². The quantitative estimate of drug-likeness (QED) is 0.705. The minimum absolute atomic E-state index is 0.546. The fourth-order valence-corrected chi connectivity index (χ4v) is 2.37. The monoisotopic (exact) mass is 239 g/mol. The lowest BCUT2D eigenvalue weighted by atomic mass is 10.1. The molecule has 88 valence electrons. The van der Waals surface area contributed by atoms with Crippen molar-refractivity contribution in [3.63, 3.8) is 0 Å². The molecule has 1 aliphatic rings. The summed E-state index contributed by atoms with van der Waals surface area (Å²) in [5.74, 6) is 1.74. The molecule has 2 heterocycles. The van der Waals surface area contributed by atoms with Gasteiger partial charge in [-0.2, -0.15) is 0 Å². The van der Waals surface area contributed by atoms with Crippen LogP contribution in [-0.2, 0) is 0 Å². The lowest BCUT2D eigenvalue weighted by Crippen LogP contribution is -2.28. The molecule has 1 fully saturated rings. The van der Waals surface area contributed by atoms with E-state index in [1.165, 1.54) is 32.1 Å². The Hall–Kier alpha value is -0.830. The van der Waals surface area contributed by atoms with Crippen molar-refractivity contribution in [2.24, 2.45) is 0 Å². The first kappa shape index (κ1) is 11.6. The van der Waals surface area contributed by atoms with Crippen LogP contribution in [0.3, 0.4) is 0 Å². The van der Waals surface area contributed by atoms with Crippen LogP contribution in [0.25, 0.3) is 0 Å². The molecule has 0 saturated carbocycles. The van der Waals surface area contributed by atoms with Crippen LogP contribution in [0.4, 0.5) is 5.82 Å². The zero-order valence-electron chi connectivity index (χ0n) is 9.75. The van der Waals surface area contributed by atoms with Crippen LogP contribution in [0.2, 0.25) is 5.15 Å². The average molecular weight is 240 g/mol. The number of hydrogen-bond acceptors (Lipinski definition) is 3. The topological polar surface area (TPSA) is 29.0 Å². The first-order valence-corrected chi connectivity index (χ1v) is 6.39. The van der Waals surface area contributed by atoms with Gasteiger partial charge in [-0.05, 0) is 19.8 Å². The van der Waals surface area contributed by atoms with Crippen LogP contribution < -0.4 is 4.90 Å². The molecule has 1 aromatic heterocycles. The Kier molecular flexibility index (Phi) is 3.99. The largest absolute Gasteiger partial charge is 0.356 e. The van der Waals surface area contributed by atoms with Crippen LogP contribution >= 0.6 is 11.6 Å². The summed E-state index contributed by atoms with van der Waals surface area (Å²) >= 11 is 5.96. The second kappa shape index (κ2) is 5.48. The molecular weight excluding hydrogens is 222 g/mol. The summed E-state index contributed by atoms with van der Waals surface area (Å²) in [5.41, 5.74) is 0. The van der Waals surface area contributed by atoms with Gasteiger partial charge >= 0.3 is 0 Å². The molecule has 16 heavy (non-hydrogen) atoms. The lowest BCUT2D eigenvalue weighted by Gasteiger charge is -2.25. The second-order valence-electron chi connectivity index (χ2n) is 4.35. The Labute approximate surface area is 102 Å². The number of aryl methyl sites for hydroxylation is 1. The van der Waals surface area contributed by atoms with Gasteiger partial charge in [0.2, 0.25) is 0 Å². The third-order valence-corrected chi connectivity index (χ3v) is 3.17. The number of nitrogens with zero attached hydrogens (tertiary/aromatic N) is 3. The zero-order valence-corrected chi connectivity index (χ0v) is 10.5.